The van der Waals surface area contributed by atoms with Crippen molar-refractivity contribution in [2.45, 2.75) is 58.5 Å². The number of hydrogen-bond acceptors (Lipinski definition) is 6. The summed E-state index contributed by atoms with van der Waals surface area (Å²) in [4.78, 5) is 35.1. The fraction of sp³-hybridized carbons (Fsp3) is 0.800. The Hall–Kier alpha value is -1.43. The number of unbranched alkanes of at least 4 members (excludes halogenated alkanes) is 3. The van der Waals surface area contributed by atoms with E-state index in [0.717, 1.165) is 19.3 Å². The molecule has 0 fully saturated rings. The van der Waals surface area contributed by atoms with E-state index in [9.17, 15) is 19.5 Å². The Labute approximate surface area is 125 Å². The van der Waals surface area contributed by atoms with Crippen molar-refractivity contribution >= 4 is 18.2 Å². The summed E-state index contributed by atoms with van der Waals surface area (Å²) in [6.45, 7) is 5.16. The van der Waals surface area contributed by atoms with Crippen molar-refractivity contribution < 1.29 is 29.0 Å². The number of carbonyl (C=O) groups excluding carboxylic acids is 3. The van der Waals surface area contributed by atoms with Gasteiger partial charge in [-0.15, -0.1) is 0 Å². The molecular weight excluding hydrogens is 276 g/mol. The third kappa shape index (κ3) is 5.46. The number of rotatable bonds is 11. The first-order valence-electron chi connectivity index (χ1n) is 7.50. The molecule has 0 saturated carbocycles. The van der Waals surface area contributed by atoms with Gasteiger partial charge in [0.1, 0.15) is 6.29 Å². The van der Waals surface area contributed by atoms with Crippen LogP contribution in [0.4, 0.5) is 0 Å². The van der Waals surface area contributed by atoms with Gasteiger partial charge in [0, 0.05) is 0 Å². The Bertz CT molecular complexity index is 321. The predicted octanol–water partition coefficient (Wildman–Crippen LogP) is 1.63. The zero-order chi connectivity index (χ0) is 16.3. The number of carbonyl (C=O) groups is 3. The van der Waals surface area contributed by atoms with Gasteiger partial charge in [0.05, 0.1) is 19.1 Å². The van der Waals surface area contributed by atoms with E-state index in [1.54, 1.807) is 13.8 Å². The summed E-state index contributed by atoms with van der Waals surface area (Å²) >= 11 is 0. The van der Waals surface area contributed by atoms with Crippen LogP contribution in [0.3, 0.4) is 0 Å². The number of hydrogen-bond donors (Lipinski definition) is 1. The molecule has 0 aliphatic carbocycles. The molecule has 1 atom stereocenters. The largest absolute Gasteiger partial charge is 0.463 e. The lowest BCUT2D eigenvalue weighted by molar-refractivity contribution is -0.190. The second-order valence-electron chi connectivity index (χ2n) is 4.80. The zero-order valence-electron chi connectivity index (χ0n) is 13.1. The quantitative estimate of drug-likeness (QED) is 0.270. The lowest BCUT2D eigenvalue weighted by Crippen LogP contribution is -2.55. The van der Waals surface area contributed by atoms with Gasteiger partial charge in [-0.2, -0.15) is 0 Å². The predicted molar refractivity (Wildman–Crippen MR) is 76.5 cm³/mol. The summed E-state index contributed by atoms with van der Waals surface area (Å²) in [6.07, 6.45) is 4.17. The van der Waals surface area contributed by atoms with Crippen LogP contribution in [0.15, 0.2) is 0 Å². The van der Waals surface area contributed by atoms with Crippen LogP contribution in [0.25, 0.3) is 0 Å². The fourth-order valence-corrected chi connectivity index (χ4v) is 2.03. The van der Waals surface area contributed by atoms with E-state index in [4.69, 9.17) is 9.47 Å². The first kappa shape index (κ1) is 19.6. The van der Waals surface area contributed by atoms with Crippen molar-refractivity contribution in [1.82, 2.24) is 0 Å². The average molecular weight is 302 g/mol. The summed E-state index contributed by atoms with van der Waals surface area (Å²) in [6, 6.07) is 0. The highest BCUT2D eigenvalue weighted by Crippen LogP contribution is 2.25. The molecule has 122 valence electrons. The van der Waals surface area contributed by atoms with Gasteiger partial charge in [0.2, 0.25) is 0 Å². The van der Waals surface area contributed by atoms with Gasteiger partial charge in [0.15, 0.2) is 0 Å². The Balaban J connectivity index is 5.08. The highest BCUT2D eigenvalue weighted by atomic mass is 16.6. The number of aliphatic hydroxyl groups is 1. The lowest BCUT2D eigenvalue weighted by atomic mass is 9.84. The van der Waals surface area contributed by atoms with E-state index >= 15 is 0 Å². The highest BCUT2D eigenvalue weighted by Gasteiger charge is 2.53. The van der Waals surface area contributed by atoms with Crippen molar-refractivity contribution in [2.24, 2.45) is 5.92 Å². The molecule has 0 rings (SSSR count). The molecule has 0 radical (unpaired) electrons. The lowest BCUT2D eigenvalue weighted by Gasteiger charge is -2.28. The van der Waals surface area contributed by atoms with Crippen LogP contribution in [0, 0.1) is 5.92 Å². The van der Waals surface area contributed by atoms with Crippen molar-refractivity contribution in [3.05, 3.63) is 0 Å². The van der Waals surface area contributed by atoms with Gasteiger partial charge >= 0.3 is 11.9 Å². The molecule has 0 heterocycles. The first-order valence-corrected chi connectivity index (χ1v) is 7.50. The van der Waals surface area contributed by atoms with Crippen LogP contribution in [0.1, 0.15) is 52.9 Å². The van der Waals surface area contributed by atoms with Crippen LogP contribution < -0.4 is 0 Å². The Morgan fingerprint density at radius 1 is 1.05 bits per heavy atom. The molecule has 0 aliphatic rings. The van der Waals surface area contributed by atoms with Crippen LogP contribution >= 0.6 is 0 Å². The molecule has 0 aromatic carbocycles. The molecule has 6 heteroatoms. The van der Waals surface area contributed by atoms with Crippen molar-refractivity contribution in [2.75, 3.05) is 13.2 Å². The third-order valence-electron chi connectivity index (χ3n) is 3.24. The molecule has 0 aromatic rings. The second kappa shape index (κ2) is 10.3. The fourth-order valence-electron chi connectivity index (χ4n) is 2.03. The van der Waals surface area contributed by atoms with Gasteiger partial charge < -0.3 is 19.4 Å². The number of esters is 2. The van der Waals surface area contributed by atoms with Crippen molar-refractivity contribution in [1.29, 1.82) is 0 Å². The third-order valence-corrected chi connectivity index (χ3v) is 3.24. The van der Waals surface area contributed by atoms with Crippen molar-refractivity contribution in [3.63, 3.8) is 0 Å². The van der Waals surface area contributed by atoms with E-state index in [1.807, 2.05) is 6.92 Å². The van der Waals surface area contributed by atoms with E-state index in [2.05, 4.69) is 0 Å². The molecule has 21 heavy (non-hydrogen) atoms. The van der Waals surface area contributed by atoms with Gasteiger partial charge in [-0.05, 0) is 20.3 Å². The Kier molecular flexibility index (Phi) is 9.62. The summed E-state index contributed by atoms with van der Waals surface area (Å²) in [5.74, 6) is -3.42. The molecule has 0 saturated heterocycles. The second-order valence-corrected chi connectivity index (χ2v) is 4.80. The smallest absolute Gasteiger partial charge is 0.350 e. The average Bonchev–Trinajstić information content (AvgIpc) is 2.47. The summed E-state index contributed by atoms with van der Waals surface area (Å²) in [7, 11) is 0. The Morgan fingerprint density at radius 3 is 1.95 bits per heavy atom. The van der Waals surface area contributed by atoms with E-state index in [0.29, 0.717) is 12.7 Å². The molecular formula is C15H26O6. The molecule has 0 aliphatic heterocycles. The summed E-state index contributed by atoms with van der Waals surface area (Å²) < 4.78 is 9.47. The molecule has 0 amide bonds. The van der Waals surface area contributed by atoms with E-state index < -0.39 is 23.5 Å². The minimum atomic E-state index is -2.56. The van der Waals surface area contributed by atoms with Crippen LogP contribution in [-0.4, -0.2) is 42.1 Å². The number of aldehydes is 1. The normalized spacial score (nSPS) is 12.6. The van der Waals surface area contributed by atoms with Crippen LogP contribution in [0.5, 0.6) is 0 Å². The maximum absolute atomic E-state index is 11.9. The number of ether oxygens (including phenoxy) is 2. The SMILES string of the molecule is CCCCCC[C@H](C=O)C(O)(C(=O)OCC)C(=O)OCC. The molecule has 0 aromatic heterocycles. The first-order chi connectivity index (χ1) is 9.98. The van der Waals surface area contributed by atoms with E-state index in [-0.39, 0.29) is 19.6 Å². The van der Waals surface area contributed by atoms with Crippen LogP contribution in [-0.2, 0) is 23.9 Å². The highest BCUT2D eigenvalue weighted by molar-refractivity contribution is 6.05. The molecule has 1 N–H and O–H groups in total. The van der Waals surface area contributed by atoms with Gasteiger partial charge in [0.25, 0.3) is 5.60 Å². The topological polar surface area (TPSA) is 89.9 Å². The van der Waals surface area contributed by atoms with Gasteiger partial charge in [-0.3, -0.25) is 0 Å². The summed E-state index contributed by atoms with van der Waals surface area (Å²) in [5, 5.41) is 10.4. The molecule has 0 bridgehead atoms. The van der Waals surface area contributed by atoms with Crippen LogP contribution in [0.2, 0.25) is 0 Å². The zero-order valence-corrected chi connectivity index (χ0v) is 13.1. The molecule has 0 unspecified atom stereocenters. The maximum atomic E-state index is 11.9. The van der Waals surface area contributed by atoms with Crippen molar-refractivity contribution in [3.8, 4) is 0 Å². The Morgan fingerprint density at radius 2 is 1.57 bits per heavy atom. The minimum Gasteiger partial charge on any atom is -0.463 e. The minimum absolute atomic E-state index is 0.00194. The van der Waals surface area contributed by atoms with Gasteiger partial charge in [-0.1, -0.05) is 32.6 Å². The monoisotopic (exact) mass is 302 g/mol. The summed E-state index contributed by atoms with van der Waals surface area (Å²) in [5.41, 5.74) is -2.56. The standard InChI is InChI=1S/C15H26O6/c1-4-7-8-9-10-12(11-16)15(19,13(17)20-5-2)14(18)21-6-3/h11-12,19H,4-10H2,1-3H3/t12-/m1/s1. The van der Waals surface area contributed by atoms with E-state index in [1.165, 1.54) is 0 Å². The molecule has 6 nitrogen and oxygen atoms in total. The van der Waals surface area contributed by atoms with Gasteiger partial charge in [-0.25, -0.2) is 9.59 Å². The maximum Gasteiger partial charge on any atom is 0.350 e. The molecule has 0 spiro atoms.